The molecule has 2 heterocycles. The molecule has 118 valence electrons. The van der Waals surface area contributed by atoms with E-state index in [-0.39, 0.29) is 5.91 Å². The summed E-state index contributed by atoms with van der Waals surface area (Å²) in [5.74, 6) is -0.174. The average molecular weight is 348 g/mol. The summed E-state index contributed by atoms with van der Waals surface area (Å²) in [5, 5.41) is 3.87. The molecule has 0 bridgehead atoms. The SMILES string of the molecule is Cc1nc2c(C)cccn2c1C(=O)NCc1ccc(Cl)c(Cl)c1. The number of aromatic nitrogens is 2. The van der Waals surface area contributed by atoms with E-state index in [1.54, 1.807) is 12.1 Å². The summed E-state index contributed by atoms with van der Waals surface area (Å²) in [4.78, 5) is 17.0. The lowest BCUT2D eigenvalue weighted by Crippen LogP contribution is -2.25. The van der Waals surface area contributed by atoms with Gasteiger partial charge in [-0.25, -0.2) is 4.98 Å². The Labute approximate surface area is 144 Å². The van der Waals surface area contributed by atoms with Crippen molar-refractivity contribution in [1.82, 2.24) is 14.7 Å². The number of fused-ring (bicyclic) bond motifs is 1. The molecule has 1 N–H and O–H groups in total. The molecule has 0 aliphatic carbocycles. The molecule has 0 atom stereocenters. The molecule has 0 spiro atoms. The normalized spacial score (nSPS) is 11.0. The van der Waals surface area contributed by atoms with Gasteiger partial charge in [-0.1, -0.05) is 35.3 Å². The Morgan fingerprint density at radius 1 is 1.22 bits per heavy atom. The second-order valence-corrected chi connectivity index (χ2v) is 6.18. The first kappa shape index (κ1) is 15.8. The Hall–Kier alpha value is -2.04. The number of imidazole rings is 1. The number of hydrogen-bond acceptors (Lipinski definition) is 2. The van der Waals surface area contributed by atoms with Crippen LogP contribution in [-0.2, 0) is 6.54 Å². The molecule has 3 aromatic rings. The van der Waals surface area contributed by atoms with Gasteiger partial charge in [0.25, 0.3) is 5.91 Å². The van der Waals surface area contributed by atoms with E-state index in [1.165, 1.54) is 0 Å². The topological polar surface area (TPSA) is 46.4 Å². The number of carbonyl (C=O) groups excluding carboxylic acids is 1. The van der Waals surface area contributed by atoms with Crippen molar-refractivity contribution in [3.63, 3.8) is 0 Å². The number of benzene rings is 1. The Kier molecular flexibility index (Phi) is 4.28. The summed E-state index contributed by atoms with van der Waals surface area (Å²) in [6, 6.07) is 9.17. The van der Waals surface area contributed by atoms with E-state index in [4.69, 9.17) is 23.2 Å². The second-order valence-electron chi connectivity index (χ2n) is 5.36. The molecule has 6 heteroatoms. The first-order valence-corrected chi connectivity index (χ1v) is 7.89. The Morgan fingerprint density at radius 2 is 2.00 bits per heavy atom. The molecule has 1 amide bonds. The highest BCUT2D eigenvalue weighted by atomic mass is 35.5. The zero-order valence-corrected chi connectivity index (χ0v) is 14.2. The van der Waals surface area contributed by atoms with Crippen LogP contribution < -0.4 is 5.32 Å². The van der Waals surface area contributed by atoms with Crippen LogP contribution >= 0.6 is 23.2 Å². The van der Waals surface area contributed by atoms with E-state index >= 15 is 0 Å². The molecular formula is C17H15Cl2N3O. The predicted octanol–water partition coefficient (Wildman–Crippen LogP) is 4.19. The zero-order valence-electron chi connectivity index (χ0n) is 12.7. The second kappa shape index (κ2) is 6.22. The zero-order chi connectivity index (χ0) is 16.6. The van der Waals surface area contributed by atoms with Crippen LogP contribution in [0.3, 0.4) is 0 Å². The van der Waals surface area contributed by atoms with E-state index in [1.807, 2.05) is 42.6 Å². The molecule has 0 unspecified atom stereocenters. The number of carbonyl (C=O) groups is 1. The van der Waals surface area contributed by atoms with Crippen molar-refractivity contribution in [3.8, 4) is 0 Å². The highest BCUT2D eigenvalue weighted by molar-refractivity contribution is 6.42. The lowest BCUT2D eigenvalue weighted by Gasteiger charge is -2.07. The Morgan fingerprint density at radius 3 is 2.74 bits per heavy atom. The molecular weight excluding hydrogens is 333 g/mol. The molecule has 4 nitrogen and oxygen atoms in total. The third-order valence-electron chi connectivity index (χ3n) is 3.67. The van der Waals surface area contributed by atoms with Gasteiger partial charge < -0.3 is 5.32 Å². The van der Waals surface area contributed by atoms with Crippen molar-refractivity contribution in [2.45, 2.75) is 20.4 Å². The van der Waals surface area contributed by atoms with Crippen LogP contribution in [0.5, 0.6) is 0 Å². The van der Waals surface area contributed by atoms with Gasteiger partial charge in [0.15, 0.2) is 0 Å². The molecule has 1 aromatic carbocycles. The number of aryl methyl sites for hydroxylation is 2. The van der Waals surface area contributed by atoms with Gasteiger partial charge in [-0.3, -0.25) is 9.20 Å². The maximum atomic E-state index is 12.5. The lowest BCUT2D eigenvalue weighted by atomic mass is 10.2. The summed E-state index contributed by atoms with van der Waals surface area (Å²) < 4.78 is 1.81. The third kappa shape index (κ3) is 3.05. The molecule has 0 fully saturated rings. The molecule has 0 saturated heterocycles. The molecule has 0 aliphatic rings. The average Bonchev–Trinajstić information content (AvgIpc) is 2.86. The minimum Gasteiger partial charge on any atom is -0.347 e. The fraction of sp³-hybridized carbons (Fsp3) is 0.176. The van der Waals surface area contributed by atoms with E-state index in [9.17, 15) is 4.79 Å². The maximum absolute atomic E-state index is 12.5. The van der Waals surface area contributed by atoms with Crippen LogP contribution in [0.15, 0.2) is 36.5 Å². The number of nitrogens with one attached hydrogen (secondary N) is 1. The van der Waals surface area contributed by atoms with Crippen molar-refractivity contribution >= 4 is 34.8 Å². The molecule has 0 radical (unpaired) electrons. The third-order valence-corrected chi connectivity index (χ3v) is 4.41. The van der Waals surface area contributed by atoms with E-state index in [2.05, 4.69) is 10.3 Å². The fourth-order valence-electron chi connectivity index (χ4n) is 2.51. The quantitative estimate of drug-likeness (QED) is 0.772. The number of halogens is 2. The summed E-state index contributed by atoms with van der Waals surface area (Å²) in [6.07, 6.45) is 1.84. The van der Waals surface area contributed by atoms with Crippen molar-refractivity contribution in [2.75, 3.05) is 0 Å². The molecule has 0 saturated carbocycles. The monoisotopic (exact) mass is 347 g/mol. The van der Waals surface area contributed by atoms with Crippen LogP contribution in [0.2, 0.25) is 10.0 Å². The van der Waals surface area contributed by atoms with Crippen LogP contribution in [-0.4, -0.2) is 15.3 Å². The molecule has 0 aliphatic heterocycles. The van der Waals surface area contributed by atoms with Gasteiger partial charge in [-0.2, -0.15) is 0 Å². The number of pyridine rings is 1. The van der Waals surface area contributed by atoms with Gasteiger partial charge >= 0.3 is 0 Å². The first-order valence-electron chi connectivity index (χ1n) is 7.14. The predicted molar refractivity (Wildman–Crippen MR) is 92.3 cm³/mol. The molecule has 23 heavy (non-hydrogen) atoms. The number of nitrogens with zero attached hydrogens (tertiary/aromatic N) is 2. The van der Waals surface area contributed by atoms with Gasteiger partial charge in [0, 0.05) is 12.7 Å². The summed E-state index contributed by atoms with van der Waals surface area (Å²) in [6.45, 7) is 4.17. The van der Waals surface area contributed by atoms with Crippen molar-refractivity contribution < 1.29 is 4.79 Å². The largest absolute Gasteiger partial charge is 0.347 e. The van der Waals surface area contributed by atoms with Crippen molar-refractivity contribution in [3.05, 3.63) is 69.1 Å². The van der Waals surface area contributed by atoms with E-state index < -0.39 is 0 Å². The smallest absolute Gasteiger partial charge is 0.270 e. The van der Waals surface area contributed by atoms with Crippen LogP contribution in [0.25, 0.3) is 5.65 Å². The first-order chi connectivity index (χ1) is 11.0. The standard InChI is InChI=1S/C17H15Cl2N3O/c1-10-4-3-7-22-15(11(2)21-16(10)22)17(23)20-9-12-5-6-13(18)14(19)8-12/h3-8H,9H2,1-2H3,(H,20,23). The number of amides is 1. The summed E-state index contributed by atoms with van der Waals surface area (Å²) >= 11 is 11.9. The van der Waals surface area contributed by atoms with Gasteiger partial charge in [0.05, 0.1) is 15.7 Å². The van der Waals surface area contributed by atoms with Gasteiger partial charge in [-0.05, 0) is 43.2 Å². The highest BCUT2D eigenvalue weighted by Crippen LogP contribution is 2.22. The van der Waals surface area contributed by atoms with Crippen LogP contribution in [0.4, 0.5) is 0 Å². The van der Waals surface area contributed by atoms with E-state index in [0.29, 0.717) is 28.0 Å². The molecule has 3 rings (SSSR count). The lowest BCUT2D eigenvalue weighted by molar-refractivity contribution is 0.0944. The summed E-state index contributed by atoms with van der Waals surface area (Å²) in [5.41, 5.74) is 3.95. The van der Waals surface area contributed by atoms with Crippen molar-refractivity contribution in [2.24, 2.45) is 0 Å². The maximum Gasteiger partial charge on any atom is 0.270 e. The van der Waals surface area contributed by atoms with Gasteiger partial charge in [0.1, 0.15) is 11.3 Å². The van der Waals surface area contributed by atoms with Crippen molar-refractivity contribution in [1.29, 1.82) is 0 Å². The Balaban J connectivity index is 1.85. The molecule has 2 aromatic heterocycles. The van der Waals surface area contributed by atoms with Crippen LogP contribution in [0, 0.1) is 13.8 Å². The van der Waals surface area contributed by atoms with Crippen LogP contribution in [0.1, 0.15) is 27.3 Å². The Bertz CT molecular complexity index is 902. The highest BCUT2D eigenvalue weighted by Gasteiger charge is 2.17. The van der Waals surface area contributed by atoms with Gasteiger partial charge in [-0.15, -0.1) is 0 Å². The minimum absolute atomic E-state index is 0.174. The summed E-state index contributed by atoms with van der Waals surface area (Å²) in [7, 11) is 0. The fourth-order valence-corrected chi connectivity index (χ4v) is 2.83. The van der Waals surface area contributed by atoms with Gasteiger partial charge in [0.2, 0.25) is 0 Å². The number of rotatable bonds is 3. The minimum atomic E-state index is -0.174. The van der Waals surface area contributed by atoms with E-state index in [0.717, 1.165) is 16.8 Å². The number of hydrogen-bond donors (Lipinski definition) is 1.